The van der Waals surface area contributed by atoms with E-state index in [1.807, 2.05) is 31.2 Å². The molecule has 0 atom stereocenters. The Labute approximate surface area is 57.6 Å². The summed E-state index contributed by atoms with van der Waals surface area (Å²) in [6.45, 7) is 6.17. The summed E-state index contributed by atoms with van der Waals surface area (Å²) in [5.41, 5.74) is 1.33. The molecule has 0 bridgehead atoms. The van der Waals surface area contributed by atoms with Crippen molar-refractivity contribution < 1.29 is 0 Å². The molecular formula is C9H14. The maximum absolute atomic E-state index is 2.08. The maximum atomic E-state index is 2.08. The zero-order valence-corrected chi connectivity index (χ0v) is 6.39. The molecule has 0 aromatic heterocycles. The predicted octanol–water partition coefficient (Wildman–Crippen LogP) is 3.08. The smallest absolute Gasteiger partial charge is 0.0439 e. The molecule has 50 valence electrons. The molecule has 0 saturated carbocycles. The Kier molecular flexibility index (Phi) is 4.89. The molecule has 0 nitrogen and oxygen atoms in total. The Morgan fingerprint density at radius 1 is 1.00 bits per heavy atom. The van der Waals surface area contributed by atoms with Crippen LogP contribution >= 0.6 is 0 Å². The molecule has 0 aromatic rings. The van der Waals surface area contributed by atoms with Crippen LogP contribution in [0.3, 0.4) is 0 Å². The molecule has 0 rings (SSSR count). The van der Waals surface area contributed by atoms with Crippen LogP contribution in [0.4, 0.5) is 0 Å². The lowest BCUT2D eigenvalue weighted by molar-refractivity contribution is 1.39. The van der Waals surface area contributed by atoms with Crippen molar-refractivity contribution >= 4 is 0 Å². The monoisotopic (exact) mass is 122 g/mol. The molecule has 0 spiro atoms. The molecule has 0 fully saturated rings. The minimum atomic E-state index is 1.33. The van der Waals surface area contributed by atoms with Crippen molar-refractivity contribution in [2.75, 3.05) is 0 Å². The fraction of sp³-hybridized carbons (Fsp3) is 0.333. The van der Waals surface area contributed by atoms with Gasteiger partial charge in [0, 0.05) is 0 Å². The molecule has 0 saturated heterocycles. The van der Waals surface area contributed by atoms with E-state index >= 15 is 0 Å². The quantitative estimate of drug-likeness (QED) is 0.494. The van der Waals surface area contributed by atoms with Crippen molar-refractivity contribution in [3.05, 3.63) is 36.0 Å². The molecule has 0 aliphatic carbocycles. The van der Waals surface area contributed by atoms with Crippen LogP contribution in [0.2, 0.25) is 0 Å². The van der Waals surface area contributed by atoms with E-state index in [9.17, 15) is 0 Å². The number of hydrogen-bond acceptors (Lipinski definition) is 0. The SMILES string of the molecule is CC=C/C=C\C=C(C)C. The number of rotatable bonds is 2. The molecular weight excluding hydrogens is 108 g/mol. The molecule has 0 aliphatic rings. The average Bonchev–Trinajstić information content (AvgIpc) is 1.80. The summed E-state index contributed by atoms with van der Waals surface area (Å²) in [6, 6.07) is 0. The van der Waals surface area contributed by atoms with E-state index in [0.717, 1.165) is 0 Å². The normalized spacial score (nSPS) is 11.0. The van der Waals surface area contributed by atoms with Gasteiger partial charge in [0.25, 0.3) is 0 Å². The predicted molar refractivity (Wildman–Crippen MR) is 43.4 cm³/mol. The summed E-state index contributed by atoms with van der Waals surface area (Å²) in [5.74, 6) is 0. The van der Waals surface area contributed by atoms with Crippen molar-refractivity contribution in [3.63, 3.8) is 0 Å². The topological polar surface area (TPSA) is 0 Å². The van der Waals surface area contributed by atoms with Gasteiger partial charge in [-0.25, -0.2) is 0 Å². The Bertz CT molecular complexity index is 132. The van der Waals surface area contributed by atoms with Gasteiger partial charge < -0.3 is 0 Å². The van der Waals surface area contributed by atoms with Crippen LogP contribution in [0.5, 0.6) is 0 Å². The highest BCUT2D eigenvalue weighted by molar-refractivity contribution is 5.13. The van der Waals surface area contributed by atoms with E-state index in [2.05, 4.69) is 19.9 Å². The Morgan fingerprint density at radius 3 is 2.11 bits per heavy atom. The molecule has 0 N–H and O–H groups in total. The van der Waals surface area contributed by atoms with Crippen LogP contribution in [-0.2, 0) is 0 Å². The van der Waals surface area contributed by atoms with Crippen LogP contribution in [0.15, 0.2) is 36.0 Å². The van der Waals surface area contributed by atoms with Crippen molar-refractivity contribution in [1.29, 1.82) is 0 Å². The highest BCUT2D eigenvalue weighted by atomic mass is 13.7. The van der Waals surface area contributed by atoms with Gasteiger partial charge >= 0.3 is 0 Å². The highest BCUT2D eigenvalue weighted by Crippen LogP contribution is 1.88. The minimum Gasteiger partial charge on any atom is -0.0877 e. The van der Waals surface area contributed by atoms with E-state index in [1.165, 1.54) is 5.57 Å². The van der Waals surface area contributed by atoms with E-state index in [1.54, 1.807) is 0 Å². The summed E-state index contributed by atoms with van der Waals surface area (Å²) in [4.78, 5) is 0. The maximum Gasteiger partial charge on any atom is -0.0439 e. The lowest BCUT2D eigenvalue weighted by Gasteiger charge is -1.79. The van der Waals surface area contributed by atoms with Crippen molar-refractivity contribution in [2.45, 2.75) is 20.8 Å². The summed E-state index contributed by atoms with van der Waals surface area (Å²) in [7, 11) is 0. The Hall–Kier alpha value is -0.780. The van der Waals surface area contributed by atoms with Gasteiger partial charge in [-0.3, -0.25) is 0 Å². The van der Waals surface area contributed by atoms with Crippen molar-refractivity contribution in [2.24, 2.45) is 0 Å². The fourth-order valence-electron chi connectivity index (χ4n) is 0.423. The molecule has 0 unspecified atom stereocenters. The first-order chi connectivity index (χ1) is 4.27. The Morgan fingerprint density at radius 2 is 1.67 bits per heavy atom. The van der Waals surface area contributed by atoms with Crippen molar-refractivity contribution in [1.82, 2.24) is 0 Å². The zero-order chi connectivity index (χ0) is 7.11. The van der Waals surface area contributed by atoms with E-state index in [-0.39, 0.29) is 0 Å². The molecule has 9 heavy (non-hydrogen) atoms. The largest absolute Gasteiger partial charge is 0.0877 e. The van der Waals surface area contributed by atoms with Crippen LogP contribution in [0, 0.1) is 0 Å². The first-order valence-electron chi connectivity index (χ1n) is 3.20. The number of allylic oxidation sites excluding steroid dienone is 6. The molecule has 0 radical (unpaired) electrons. The third-order valence-electron chi connectivity index (χ3n) is 0.844. The zero-order valence-electron chi connectivity index (χ0n) is 6.39. The van der Waals surface area contributed by atoms with E-state index in [0.29, 0.717) is 0 Å². The Balaban J connectivity index is 3.60. The van der Waals surface area contributed by atoms with Crippen LogP contribution < -0.4 is 0 Å². The summed E-state index contributed by atoms with van der Waals surface area (Å²) < 4.78 is 0. The molecule has 0 aliphatic heterocycles. The van der Waals surface area contributed by atoms with Gasteiger partial charge in [0.2, 0.25) is 0 Å². The van der Waals surface area contributed by atoms with Gasteiger partial charge in [0.1, 0.15) is 0 Å². The molecule has 0 amide bonds. The first kappa shape index (κ1) is 8.22. The van der Waals surface area contributed by atoms with E-state index < -0.39 is 0 Å². The molecule has 0 heteroatoms. The third kappa shape index (κ3) is 7.22. The van der Waals surface area contributed by atoms with Gasteiger partial charge in [0.15, 0.2) is 0 Å². The lowest BCUT2D eigenvalue weighted by atomic mass is 10.3. The second kappa shape index (κ2) is 5.36. The van der Waals surface area contributed by atoms with Gasteiger partial charge in [-0.05, 0) is 20.8 Å². The second-order valence-corrected chi connectivity index (χ2v) is 2.15. The van der Waals surface area contributed by atoms with Gasteiger partial charge in [-0.15, -0.1) is 0 Å². The molecule has 0 aromatic carbocycles. The lowest BCUT2D eigenvalue weighted by Crippen LogP contribution is -1.57. The van der Waals surface area contributed by atoms with Crippen molar-refractivity contribution in [3.8, 4) is 0 Å². The minimum absolute atomic E-state index is 1.33. The standard InChI is InChI=1S/C9H14/c1-4-5-6-7-8-9(2)3/h4-8H,1-3H3/b5-4?,7-6-. The summed E-state index contributed by atoms with van der Waals surface area (Å²) in [5, 5.41) is 0. The van der Waals surface area contributed by atoms with Gasteiger partial charge in [-0.2, -0.15) is 0 Å². The molecule has 0 heterocycles. The van der Waals surface area contributed by atoms with Gasteiger partial charge in [-0.1, -0.05) is 36.0 Å². The van der Waals surface area contributed by atoms with Crippen LogP contribution in [-0.4, -0.2) is 0 Å². The average molecular weight is 122 g/mol. The van der Waals surface area contributed by atoms with Crippen LogP contribution in [0.25, 0.3) is 0 Å². The first-order valence-corrected chi connectivity index (χ1v) is 3.20. The summed E-state index contributed by atoms with van der Waals surface area (Å²) in [6.07, 6.45) is 10.2. The number of hydrogen-bond donors (Lipinski definition) is 0. The second-order valence-electron chi connectivity index (χ2n) is 2.15. The van der Waals surface area contributed by atoms with Gasteiger partial charge in [0.05, 0.1) is 0 Å². The van der Waals surface area contributed by atoms with E-state index in [4.69, 9.17) is 0 Å². The highest BCUT2D eigenvalue weighted by Gasteiger charge is 1.66. The fourth-order valence-corrected chi connectivity index (χ4v) is 0.423. The van der Waals surface area contributed by atoms with Crippen LogP contribution in [0.1, 0.15) is 20.8 Å². The summed E-state index contributed by atoms with van der Waals surface area (Å²) >= 11 is 0. The third-order valence-corrected chi connectivity index (χ3v) is 0.844.